The predicted molar refractivity (Wildman–Crippen MR) is 101 cm³/mol. The summed E-state index contributed by atoms with van der Waals surface area (Å²) < 4.78 is 16.5. The number of nitrogens with zero attached hydrogens (tertiary/aromatic N) is 1. The van der Waals surface area contributed by atoms with Gasteiger partial charge in [-0.05, 0) is 36.4 Å². The van der Waals surface area contributed by atoms with Gasteiger partial charge in [0, 0.05) is 5.56 Å². The molecule has 6 nitrogen and oxygen atoms in total. The predicted octanol–water partition coefficient (Wildman–Crippen LogP) is 3.97. The van der Waals surface area contributed by atoms with Crippen LogP contribution in [0.1, 0.15) is 15.9 Å². The molecule has 27 heavy (non-hydrogen) atoms. The fraction of sp³-hybridized carbons (Fsp3) is 0.0476. The van der Waals surface area contributed by atoms with E-state index in [0.29, 0.717) is 28.6 Å². The van der Waals surface area contributed by atoms with Crippen LogP contribution in [0.15, 0.2) is 77.9 Å². The summed E-state index contributed by atoms with van der Waals surface area (Å²) in [6.45, 7) is 0.177. The molecule has 1 aliphatic rings. The Kier molecular flexibility index (Phi) is 4.70. The fourth-order valence-electron chi connectivity index (χ4n) is 2.63. The number of hydrogen-bond donors (Lipinski definition) is 1. The number of para-hydroxylation sites is 3. The molecule has 0 bridgehead atoms. The Hall–Kier alpha value is -3.80. The van der Waals surface area contributed by atoms with Crippen molar-refractivity contribution in [3.63, 3.8) is 0 Å². The molecule has 134 valence electrons. The van der Waals surface area contributed by atoms with E-state index < -0.39 is 0 Å². The van der Waals surface area contributed by atoms with Crippen LogP contribution in [0.25, 0.3) is 0 Å². The van der Waals surface area contributed by atoms with Crippen molar-refractivity contribution in [3.05, 3.63) is 83.9 Å². The Morgan fingerprint density at radius 3 is 2.67 bits per heavy atom. The van der Waals surface area contributed by atoms with Gasteiger partial charge in [-0.1, -0.05) is 36.4 Å². The minimum atomic E-state index is -0.373. The van der Waals surface area contributed by atoms with Gasteiger partial charge in [-0.25, -0.2) is 5.43 Å². The van der Waals surface area contributed by atoms with Gasteiger partial charge in [-0.2, -0.15) is 5.10 Å². The van der Waals surface area contributed by atoms with Crippen molar-refractivity contribution in [1.29, 1.82) is 0 Å². The molecular weight excluding hydrogens is 344 g/mol. The van der Waals surface area contributed by atoms with Crippen LogP contribution in [-0.2, 0) is 0 Å². The van der Waals surface area contributed by atoms with E-state index >= 15 is 0 Å². The number of ether oxygens (including phenoxy) is 3. The number of nitrogens with one attached hydrogen (secondary N) is 1. The zero-order valence-electron chi connectivity index (χ0n) is 14.3. The van der Waals surface area contributed by atoms with E-state index in [1.165, 1.54) is 6.21 Å². The first-order chi connectivity index (χ1) is 13.3. The lowest BCUT2D eigenvalue weighted by molar-refractivity contribution is 0.0953. The smallest absolute Gasteiger partial charge is 0.275 e. The Balaban J connectivity index is 1.48. The average molecular weight is 360 g/mol. The number of fused-ring (bicyclic) bond motifs is 1. The van der Waals surface area contributed by atoms with Crippen molar-refractivity contribution in [2.45, 2.75) is 0 Å². The molecule has 3 aromatic carbocycles. The maximum absolute atomic E-state index is 12.5. The lowest BCUT2D eigenvalue weighted by atomic mass is 10.2. The number of hydrazone groups is 1. The molecule has 3 aromatic rings. The van der Waals surface area contributed by atoms with Crippen LogP contribution < -0.4 is 19.6 Å². The summed E-state index contributed by atoms with van der Waals surface area (Å²) in [7, 11) is 0. The van der Waals surface area contributed by atoms with E-state index in [9.17, 15) is 4.79 Å². The van der Waals surface area contributed by atoms with E-state index in [2.05, 4.69) is 10.5 Å². The van der Waals surface area contributed by atoms with Gasteiger partial charge in [-0.15, -0.1) is 0 Å². The summed E-state index contributed by atoms with van der Waals surface area (Å²) in [5, 5.41) is 4.03. The van der Waals surface area contributed by atoms with Gasteiger partial charge in [-0.3, -0.25) is 4.79 Å². The summed E-state index contributed by atoms with van der Waals surface area (Å²) in [4.78, 5) is 12.5. The van der Waals surface area contributed by atoms with Crippen LogP contribution in [0.4, 0.5) is 0 Å². The maximum Gasteiger partial charge on any atom is 0.275 e. The Labute approximate surface area is 156 Å². The van der Waals surface area contributed by atoms with E-state index in [-0.39, 0.29) is 12.7 Å². The Morgan fingerprint density at radius 2 is 1.78 bits per heavy atom. The van der Waals surface area contributed by atoms with Crippen molar-refractivity contribution >= 4 is 12.1 Å². The first-order valence-electron chi connectivity index (χ1n) is 8.35. The average Bonchev–Trinajstić information content (AvgIpc) is 3.19. The molecular formula is C21H16N2O4. The standard InChI is InChI=1S/C21H16N2O4/c24-21(23-22-13-15-7-6-12-19-20(15)26-14-25-19)17-10-4-5-11-18(17)27-16-8-2-1-3-9-16/h1-13H,14H2,(H,23,24)/b22-13+. The highest BCUT2D eigenvalue weighted by Crippen LogP contribution is 2.34. The minimum Gasteiger partial charge on any atom is -0.457 e. The Bertz CT molecular complexity index is 986. The van der Waals surface area contributed by atoms with Gasteiger partial charge < -0.3 is 14.2 Å². The second-order valence-corrected chi connectivity index (χ2v) is 5.69. The van der Waals surface area contributed by atoms with Crippen molar-refractivity contribution in [2.75, 3.05) is 6.79 Å². The van der Waals surface area contributed by atoms with E-state index in [1.807, 2.05) is 54.6 Å². The Morgan fingerprint density at radius 1 is 0.963 bits per heavy atom. The molecule has 1 N–H and O–H groups in total. The third-order valence-electron chi connectivity index (χ3n) is 3.90. The number of carbonyl (C=O) groups is 1. The highest BCUT2D eigenvalue weighted by Gasteiger charge is 2.16. The van der Waals surface area contributed by atoms with Crippen LogP contribution >= 0.6 is 0 Å². The zero-order chi connectivity index (χ0) is 18.5. The molecule has 0 spiro atoms. The summed E-state index contributed by atoms with van der Waals surface area (Å²) in [6, 6.07) is 21.8. The molecule has 0 unspecified atom stereocenters. The SMILES string of the molecule is O=C(N/N=C/c1cccc2c1OCO2)c1ccccc1Oc1ccccc1. The van der Waals surface area contributed by atoms with Gasteiger partial charge in [0.15, 0.2) is 11.5 Å². The largest absolute Gasteiger partial charge is 0.457 e. The third kappa shape index (κ3) is 3.74. The van der Waals surface area contributed by atoms with E-state index in [1.54, 1.807) is 18.2 Å². The van der Waals surface area contributed by atoms with Gasteiger partial charge in [0.2, 0.25) is 6.79 Å². The molecule has 6 heteroatoms. The van der Waals surface area contributed by atoms with Crippen molar-refractivity contribution in [1.82, 2.24) is 5.43 Å². The highest BCUT2D eigenvalue weighted by molar-refractivity contribution is 5.97. The van der Waals surface area contributed by atoms with Crippen molar-refractivity contribution in [3.8, 4) is 23.0 Å². The van der Waals surface area contributed by atoms with E-state index in [0.717, 1.165) is 5.56 Å². The number of rotatable bonds is 5. The topological polar surface area (TPSA) is 69.2 Å². The minimum absolute atomic E-state index is 0.177. The highest BCUT2D eigenvalue weighted by atomic mass is 16.7. The maximum atomic E-state index is 12.5. The van der Waals surface area contributed by atoms with Gasteiger partial charge in [0.1, 0.15) is 11.5 Å². The van der Waals surface area contributed by atoms with Crippen LogP contribution in [0.3, 0.4) is 0 Å². The van der Waals surface area contributed by atoms with Crippen LogP contribution in [0.2, 0.25) is 0 Å². The van der Waals surface area contributed by atoms with Crippen LogP contribution in [0.5, 0.6) is 23.0 Å². The number of amides is 1. The molecule has 1 heterocycles. The number of hydrogen-bond acceptors (Lipinski definition) is 5. The third-order valence-corrected chi connectivity index (χ3v) is 3.90. The molecule has 0 fully saturated rings. The quantitative estimate of drug-likeness (QED) is 0.552. The first-order valence-corrected chi connectivity index (χ1v) is 8.35. The van der Waals surface area contributed by atoms with Crippen molar-refractivity contribution in [2.24, 2.45) is 5.10 Å². The second-order valence-electron chi connectivity index (χ2n) is 5.69. The normalized spacial score (nSPS) is 12.1. The fourth-order valence-corrected chi connectivity index (χ4v) is 2.63. The van der Waals surface area contributed by atoms with Crippen LogP contribution in [0, 0.1) is 0 Å². The molecule has 4 rings (SSSR count). The first kappa shape index (κ1) is 16.7. The molecule has 1 amide bonds. The van der Waals surface area contributed by atoms with Gasteiger partial charge in [0.25, 0.3) is 5.91 Å². The van der Waals surface area contributed by atoms with Crippen LogP contribution in [-0.4, -0.2) is 18.9 Å². The monoisotopic (exact) mass is 360 g/mol. The number of benzene rings is 3. The van der Waals surface area contributed by atoms with Gasteiger partial charge in [0.05, 0.1) is 11.8 Å². The molecule has 0 aliphatic carbocycles. The molecule has 0 radical (unpaired) electrons. The second kappa shape index (κ2) is 7.61. The lowest BCUT2D eigenvalue weighted by Gasteiger charge is -2.09. The molecule has 0 aromatic heterocycles. The zero-order valence-corrected chi connectivity index (χ0v) is 14.3. The number of carbonyl (C=O) groups excluding carboxylic acids is 1. The lowest BCUT2D eigenvalue weighted by Crippen LogP contribution is -2.18. The summed E-state index contributed by atoms with van der Waals surface area (Å²) >= 11 is 0. The molecule has 0 atom stereocenters. The summed E-state index contributed by atoms with van der Waals surface area (Å²) in [5.41, 5.74) is 3.63. The summed E-state index contributed by atoms with van der Waals surface area (Å²) in [6.07, 6.45) is 1.52. The van der Waals surface area contributed by atoms with Crippen molar-refractivity contribution < 1.29 is 19.0 Å². The molecule has 0 saturated carbocycles. The molecule has 0 saturated heterocycles. The summed E-state index contributed by atoms with van der Waals surface area (Å²) in [5.74, 6) is 2.00. The van der Waals surface area contributed by atoms with Gasteiger partial charge >= 0.3 is 0 Å². The van der Waals surface area contributed by atoms with E-state index in [4.69, 9.17) is 14.2 Å². The molecule has 1 aliphatic heterocycles.